The average Bonchev–Trinajstić information content (AvgIpc) is 3.17. The lowest BCUT2D eigenvalue weighted by atomic mass is 10.0. The molecular formula is C22H24N2O2S. The Kier molecular flexibility index (Phi) is 6.24. The number of aryl methyl sites for hydroxylation is 3. The van der Waals surface area contributed by atoms with Crippen LogP contribution in [-0.2, 0) is 19.4 Å². The highest BCUT2D eigenvalue weighted by atomic mass is 32.1. The van der Waals surface area contributed by atoms with E-state index in [1.165, 1.54) is 16.9 Å². The molecule has 1 heterocycles. The summed E-state index contributed by atoms with van der Waals surface area (Å²) < 4.78 is 5.75. The number of anilines is 1. The van der Waals surface area contributed by atoms with Crippen LogP contribution in [0.3, 0.4) is 0 Å². The first-order valence-electron chi connectivity index (χ1n) is 9.16. The number of amides is 1. The fourth-order valence-corrected chi connectivity index (χ4v) is 3.53. The van der Waals surface area contributed by atoms with Crippen LogP contribution in [0.2, 0.25) is 0 Å². The van der Waals surface area contributed by atoms with Crippen molar-refractivity contribution in [2.24, 2.45) is 0 Å². The normalized spacial score (nSPS) is 10.6. The molecule has 2 aromatic carbocycles. The van der Waals surface area contributed by atoms with Crippen LogP contribution in [0.25, 0.3) is 0 Å². The van der Waals surface area contributed by atoms with Gasteiger partial charge in [-0.05, 0) is 43.0 Å². The van der Waals surface area contributed by atoms with Crippen LogP contribution < -0.4 is 10.1 Å². The van der Waals surface area contributed by atoms with Crippen molar-refractivity contribution < 1.29 is 9.53 Å². The molecule has 4 nitrogen and oxygen atoms in total. The van der Waals surface area contributed by atoms with E-state index in [0.29, 0.717) is 12.3 Å². The van der Waals surface area contributed by atoms with E-state index in [-0.39, 0.29) is 5.91 Å². The van der Waals surface area contributed by atoms with Gasteiger partial charge in [-0.25, -0.2) is 4.98 Å². The topological polar surface area (TPSA) is 51.2 Å². The minimum absolute atomic E-state index is 0.177. The second-order valence-electron chi connectivity index (χ2n) is 6.34. The maximum atomic E-state index is 12.7. The molecule has 0 unspecified atom stereocenters. The summed E-state index contributed by atoms with van der Waals surface area (Å²) in [4.78, 5) is 17.1. The maximum Gasteiger partial charge on any atom is 0.275 e. The van der Waals surface area contributed by atoms with Crippen molar-refractivity contribution in [3.63, 3.8) is 0 Å². The highest BCUT2D eigenvalue weighted by Crippen LogP contribution is 2.24. The third kappa shape index (κ3) is 4.74. The molecule has 1 amide bonds. The zero-order valence-electron chi connectivity index (χ0n) is 15.9. The molecule has 0 saturated heterocycles. The molecule has 0 aliphatic heterocycles. The number of nitrogens with zero attached hydrogens (tertiary/aromatic N) is 1. The highest BCUT2D eigenvalue weighted by molar-refractivity contribution is 7.09. The van der Waals surface area contributed by atoms with Gasteiger partial charge in [-0.2, -0.15) is 0 Å². The quantitative estimate of drug-likeness (QED) is 0.596. The lowest BCUT2D eigenvalue weighted by molar-refractivity contribution is 0.102. The smallest absolute Gasteiger partial charge is 0.275 e. The Bertz CT molecular complexity index is 894. The van der Waals surface area contributed by atoms with Gasteiger partial charge in [0.25, 0.3) is 5.91 Å². The minimum atomic E-state index is -0.177. The molecule has 0 aliphatic carbocycles. The number of para-hydroxylation sites is 1. The molecule has 1 N–H and O–H groups in total. The molecule has 0 spiro atoms. The number of carbonyl (C=O) groups excluding carboxylic acids is 1. The minimum Gasteiger partial charge on any atom is -0.486 e. The molecule has 0 radical (unpaired) electrons. The maximum absolute atomic E-state index is 12.7. The molecule has 140 valence electrons. The summed E-state index contributed by atoms with van der Waals surface area (Å²) in [5.74, 6) is 0.620. The van der Waals surface area contributed by atoms with Crippen molar-refractivity contribution in [3.8, 4) is 5.75 Å². The van der Waals surface area contributed by atoms with Gasteiger partial charge >= 0.3 is 0 Å². The standard InChI is InChI=1S/C22H24N2O2S/c1-4-16-7-6-8-17(5-2)21(16)24-22(25)19-14-27-20(23-19)13-26-18-11-9-15(3)10-12-18/h6-12,14H,4-5,13H2,1-3H3,(H,24,25). The SMILES string of the molecule is CCc1cccc(CC)c1NC(=O)c1csc(COc2ccc(C)cc2)n1. The van der Waals surface area contributed by atoms with E-state index in [2.05, 4.69) is 36.3 Å². The van der Waals surface area contributed by atoms with E-state index in [0.717, 1.165) is 40.4 Å². The van der Waals surface area contributed by atoms with Crippen LogP contribution >= 0.6 is 11.3 Å². The number of thiazole rings is 1. The van der Waals surface area contributed by atoms with E-state index in [4.69, 9.17) is 4.74 Å². The molecule has 27 heavy (non-hydrogen) atoms. The summed E-state index contributed by atoms with van der Waals surface area (Å²) in [6, 6.07) is 14.0. The van der Waals surface area contributed by atoms with E-state index in [1.54, 1.807) is 5.38 Å². The Morgan fingerprint density at radius 3 is 2.37 bits per heavy atom. The third-order valence-electron chi connectivity index (χ3n) is 4.41. The lowest BCUT2D eigenvalue weighted by Gasteiger charge is -2.13. The zero-order valence-corrected chi connectivity index (χ0v) is 16.7. The fourth-order valence-electron chi connectivity index (χ4n) is 2.84. The van der Waals surface area contributed by atoms with Gasteiger partial charge in [0.1, 0.15) is 23.1 Å². The third-order valence-corrected chi connectivity index (χ3v) is 5.23. The molecule has 0 atom stereocenters. The van der Waals surface area contributed by atoms with Crippen molar-refractivity contribution in [2.45, 2.75) is 40.2 Å². The molecule has 0 fully saturated rings. The summed E-state index contributed by atoms with van der Waals surface area (Å²) in [7, 11) is 0. The summed E-state index contributed by atoms with van der Waals surface area (Å²) >= 11 is 1.43. The molecule has 0 aliphatic rings. The van der Waals surface area contributed by atoms with Crippen LogP contribution in [0.4, 0.5) is 5.69 Å². The fraction of sp³-hybridized carbons (Fsp3) is 0.273. The van der Waals surface area contributed by atoms with Gasteiger partial charge in [-0.15, -0.1) is 11.3 Å². The number of hydrogen-bond acceptors (Lipinski definition) is 4. The largest absolute Gasteiger partial charge is 0.486 e. The molecule has 3 aromatic rings. The number of hydrogen-bond donors (Lipinski definition) is 1. The van der Waals surface area contributed by atoms with Crippen LogP contribution in [0.1, 0.15) is 46.0 Å². The van der Waals surface area contributed by atoms with Gasteiger partial charge in [-0.1, -0.05) is 49.7 Å². The van der Waals surface area contributed by atoms with Gasteiger partial charge in [0.2, 0.25) is 0 Å². The number of benzene rings is 2. The predicted octanol–water partition coefficient (Wildman–Crippen LogP) is 5.41. The Labute approximate surface area is 164 Å². The number of aromatic nitrogens is 1. The number of nitrogens with one attached hydrogen (secondary N) is 1. The van der Waals surface area contributed by atoms with Crippen molar-refractivity contribution in [1.29, 1.82) is 0 Å². The lowest BCUT2D eigenvalue weighted by Crippen LogP contribution is -2.15. The number of carbonyl (C=O) groups is 1. The first-order chi connectivity index (χ1) is 13.1. The van der Waals surface area contributed by atoms with Crippen LogP contribution in [-0.4, -0.2) is 10.9 Å². The zero-order chi connectivity index (χ0) is 19.2. The predicted molar refractivity (Wildman–Crippen MR) is 111 cm³/mol. The Morgan fingerprint density at radius 2 is 1.74 bits per heavy atom. The van der Waals surface area contributed by atoms with E-state index < -0.39 is 0 Å². The molecule has 5 heteroatoms. The number of ether oxygens (including phenoxy) is 1. The van der Waals surface area contributed by atoms with Crippen molar-refractivity contribution >= 4 is 22.9 Å². The Morgan fingerprint density at radius 1 is 1.07 bits per heavy atom. The summed E-state index contributed by atoms with van der Waals surface area (Å²) in [6.07, 6.45) is 1.74. The molecule has 0 saturated carbocycles. The Balaban J connectivity index is 1.67. The van der Waals surface area contributed by atoms with Gasteiger partial charge in [-0.3, -0.25) is 4.79 Å². The van der Waals surface area contributed by atoms with Gasteiger partial charge in [0.05, 0.1) is 0 Å². The molecular weight excluding hydrogens is 356 g/mol. The van der Waals surface area contributed by atoms with E-state index in [1.807, 2.05) is 37.3 Å². The molecule has 3 rings (SSSR count). The van der Waals surface area contributed by atoms with Crippen LogP contribution in [0.5, 0.6) is 5.75 Å². The van der Waals surface area contributed by atoms with E-state index in [9.17, 15) is 4.79 Å². The van der Waals surface area contributed by atoms with E-state index >= 15 is 0 Å². The summed E-state index contributed by atoms with van der Waals surface area (Å²) in [6.45, 7) is 6.57. The van der Waals surface area contributed by atoms with Crippen LogP contribution in [0.15, 0.2) is 47.8 Å². The average molecular weight is 381 g/mol. The molecule has 1 aromatic heterocycles. The second kappa shape index (κ2) is 8.82. The van der Waals surface area contributed by atoms with Gasteiger partial charge in [0.15, 0.2) is 0 Å². The molecule has 0 bridgehead atoms. The first kappa shape index (κ1) is 19.1. The van der Waals surface area contributed by atoms with Crippen molar-refractivity contribution in [2.75, 3.05) is 5.32 Å². The second-order valence-corrected chi connectivity index (χ2v) is 7.28. The van der Waals surface area contributed by atoms with Crippen LogP contribution in [0, 0.1) is 6.92 Å². The number of rotatable bonds is 7. The Hall–Kier alpha value is -2.66. The van der Waals surface area contributed by atoms with Crippen molar-refractivity contribution in [1.82, 2.24) is 4.98 Å². The summed E-state index contributed by atoms with van der Waals surface area (Å²) in [5, 5.41) is 5.61. The van der Waals surface area contributed by atoms with Gasteiger partial charge in [0, 0.05) is 11.1 Å². The van der Waals surface area contributed by atoms with Gasteiger partial charge < -0.3 is 10.1 Å². The van der Waals surface area contributed by atoms with Crippen molar-refractivity contribution in [3.05, 3.63) is 75.2 Å². The highest BCUT2D eigenvalue weighted by Gasteiger charge is 2.15. The summed E-state index contributed by atoms with van der Waals surface area (Å²) in [5.41, 5.74) is 4.81. The first-order valence-corrected chi connectivity index (χ1v) is 10.0. The monoisotopic (exact) mass is 380 g/mol.